The number of rotatable bonds is 4. The maximum atomic E-state index is 11.9. The molecule has 1 aromatic carbocycles. The Labute approximate surface area is 124 Å². The van der Waals surface area contributed by atoms with Gasteiger partial charge in [-0.1, -0.05) is 11.6 Å². The Balaban J connectivity index is 1.79. The van der Waals surface area contributed by atoms with Crippen molar-refractivity contribution in [1.82, 2.24) is 15.3 Å². The zero-order chi connectivity index (χ0) is 13.9. The predicted molar refractivity (Wildman–Crippen MR) is 82.2 cm³/mol. The summed E-state index contributed by atoms with van der Waals surface area (Å²) in [4.78, 5) is 19.1. The lowest BCUT2D eigenvalue weighted by atomic mass is 10.2. The van der Waals surface area contributed by atoms with Gasteiger partial charge in [-0.25, -0.2) is 4.98 Å². The number of H-pyrrole nitrogens is 1. The lowest BCUT2D eigenvalue weighted by Gasteiger charge is -2.05. The number of benzene rings is 1. The molecule has 0 spiro atoms. The quantitative estimate of drug-likeness (QED) is 0.779. The molecular formula is C14H12ClN3OS. The molecule has 0 unspecified atom stereocenters. The summed E-state index contributed by atoms with van der Waals surface area (Å²) in [5.41, 5.74) is 1.70. The third-order valence-corrected chi connectivity index (χ3v) is 3.89. The van der Waals surface area contributed by atoms with Gasteiger partial charge in [0.1, 0.15) is 5.82 Å². The molecule has 0 fully saturated rings. The topological polar surface area (TPSA) is 57.8 Å². The molecule has 3 aromatic rings. The van der Waals surface area contributed by atoms with E-state index >= 15 is 0 Å². The van der Waals surface area contributed by atoms with Gasteiger partial charge in [-0.15, -0.1) is 0 Å². The second kappa shape index (κ2) is 5.75. The van der Waals surface area contributed by atoms with E-state index in [4.69, 9.17) is 11.6 Å². The van der Waals surface area contributed by atoms with Gasteiger partial charge < -0.3 is 10.3 Å². The standard InChI is InChI=1S/C14H12ClN3OS/c15-10-1-2-11-12(5-10)17-13(18-14(11)19)7-16-6-9-3-4-20-8-9/h1-5,8,16H,6-7H2,(H,17,18,19). The van der Waals surface area contributed by atoms with E-state index in [0.29, 0.717) is 28.3 Å². The van der Waals surface area contributed by atoms with Crippen LogP contribution in [0.25, 0.3) is 10.9 Å². The van der Waals surface area contributed by atoms with Gasteiger partial charge in [0, 0.05) is 11.6 Å². The van der Waals surface area contributed by atoms with Crippen molar-refractivity contribution in [3.8, 4) is 0 Å². The van der Waals surface area contributed by atoms with E-state index in [2.05, 4.69) is 26.7 Å². The molecule has 4 nitrogen and oxygen atoms in total. The molecule has 2 aromatic heterocycles. The summed E-state index contributed by atoms with van der Waals surface area (Å²) in [6, 6.07) is 7.14. The smallest absolute Gasteiger partial charge is 0.258 e. The van der Waals surface area contributed by atoms with Crippen LogP contribution < -0.4 is 10.9 Å². The Morgan fingerprint density at radius 2 is 2.20 bits per heavy atom. The van der Waals surface area contributed by atoms with Gasteiger partial charge in [-0.2, -0.15) is 11.3 Å². The van der Waals surface area contributed by atoms with Crippen LogP contribution in [-0.2, 0) is 13.1 Å². The van der Waals surface area contributed by atoms with Gasteiger partial charge in [-0.05, 0) is 40.6 Å². The van der Waals surface area contributed by atoms with Crippen LogP contribution in [0.15, 0.2) is 39.8 Å². The fourth-order valence-electron chi connectivity index (χ4n) is 1.96. The fraction of sp³-hybridized carbons (Fsp3) is 0.143. The number of aromatic nitrogens is 2. The summed E-state index contributed by atoms with van der Waals surface area (Å²) in [7, 11) is 0. The molecule has 0 amide bonds. The molecule has 0 aliphatic rings. The summed E-state index contributed by atoms with van der Waals surface area (Å²) in [5, 5.41) is 8.50. The van der Waals surface area contributed by atoms with E-state index in [1.165, 1.54) is 5.56 Å². The minimum Gasteiger partial charge on any atom is -0.309 e. The van der Waals surface area contributed by atoms with Crippen LogP contribution in [0.1, 0.15) is 11.4 Å². The first-order chi connectivity index (χ1) is 9.72. The van der Waals surface area contributed by atoms with E-state index in [1.54, 1.807) is 29.5 Å². The van der Waals surface area contributed by atoms with E-state index in [9.17, 15) is 4.79 Å². The summed E-state index contributed by atoms with van der Waals surface area (Å²) >= 11 is 7.59. The molecule has 20 heavy (non-hydrogen) atoms. The number of thiophene rings is 1. The normalized spacial score (nSPS) is 11.1. The Morgan fingerprint density at radius 1 is 1.30 bits per heavy atom. The van der Waals surface area contributed by atoms with Crippen molar-refractivity contribution >= 4 is 33.8 Å². The van der Waals surface area contributed by atoms with E-state index in [0.717, 1.165) is 6.54 Å². The molecule has 0 aliphatic heterocycles. The summed E-state index contributed by atoms with van der Waals surface area (Å²) in [5.74, 6) is 0.611. The van der Waals surface area contributed by atoms with Crippen molar-refractivity contribution in [2.24, 2.45) is 0 Å². The minimum atomic E-state index is -0.140. The van der Waals surface area contributed by atoms with Crippen molar-refractivity contribution in [3.63, 3.8) is 0 Å². The number of nitrogens with one attached hydrogen (secondary N) is 2. The zero-order valence-corrected chi connectivity index (χ0v) is 12.1. The van der Waals surface area contributed by atoms with Gasteiger partial charge in [0.25, 0.3) is 5.56 Å². The average Bonchev–Trinajstić information content (AvgIpc) is 2.91. The number of aromatic amines is 1. The largest absolute Gasteiger partial charge is 0.309 e. The minimum absolute atomic E-state index is 0.140. The molecular weight excluding hydrogens is 294 g/mol. The van der Waals surface area contributed by atoms with Crippen LogP contribution >= 0.6 is 22.9 Å². The number of fused-ring (bicyclic) bond motifs is 1. The van der Waals surface area contributed by atoms with Crippen LogP contribution in [0, 0.1) is 0 Å². The third kappa shape index (κ3) is 2.90. The van der Waals surface area contributed by atoms with Crippen molar-refractivity contribution in [2.75, 3.05) is 0 Å². The average molecular weight is 306 g/mol. The summed E-state index contributed by atoms with van der Waals surface area (Å²) in [6.07, 6.45) is 0. The Morgan fingerprint density at radius 3 is 3.00 bits per heavy atom. The van der Waals surface area contributed by atoms with Crippen LogP contribution in [0.5, 0.6) is 0 Å². The fourth-order valence-corrected chi connectivity index (χ4v) is 2.80. The number of halogens is 1. The maximum Gasteiger partial charge on any atom is 0.258 e. The molecule has 2 N–H and O–H groups in total. The summed E-state index contributed by atoms with van der Waals surface area (Å²) < 4.78 is 0. The molecule has 0 saturated carbocycles. The molecule has 0 radical (unpaired) electrons. The van der Waals surface area contributed by atoms with Crippen LogP contribution in [0.2, 0.25) is 5.02 Å². The van der Waals surface area contributed by atoms with E-state index < -0.39 is 0 Å². The first-order valence-corrected chi connectivity index (χ1v) is 7.45. The van der Waals surface area contributed by atoms with Crippen LogP contribution in [-0.4, -0.2) is 9.97 Å². The molecule has 0 atom stereocenters. The van der Waals surface area contributed by atoms with Crippen LogP contribution in [0.4, 0.5) is 0 Å². The Bertz CT molecular complexity index is 783. The van der Waals surface area contributed by atoms with Gasteiger partial charge in [-0.3, -0.25) is 4.79 Å². The highest BCUT2D eigenvalue weighted by Gasteiger charge is 2.04. The highest BCUT2D eigenvalue weighted by molar-refractivity contribution is 7.07. The molecule has 102 valence electrons. The van der Waals surface area contributed by atoms with Gasteiger partial charge in [0.15, 0.2) is 0 Å². The van der Waals surface area contributed by atoms with E-state index in [1.807, 2.05) is 5.38 Å². The van der Waals surface area contributed by atoms with Crippen molar-refractivity contribution in [1.29, 1.82) is 0 Å². The SMILES string of the molecule is O=c1[nH]c(CNCc2ccsc2)nc2cc(Cl)ccc12. The second-order valence-corrected chi connectivity index (χ2v) is 5.63. The predicted octanol–water partition coefficient (Wildman–Crippen LogP) is 2.93. The number of hydrogen-bond donors (Lipinski definition) is 2. The molecule has 0 aliphatic carbocycles. The molecule has 6 heteroatoms. The van der Waals surface area contributed by atoms with Crippen LogP contribution in [0.3, 0.4) is 0 Å². The van der Waals surface area contributed by atoms with Crippen molar-refractivity contribution in [2.45, 2.75) is 13.1 Å². The lowest BCUT2D eigenvalue weighted by Crippen LogP contribution is -2.19. The molecule has 3 rings (SSSR count). The van der Waals surface area contributed by atoms with Crippen molar-refractivity contribution in [3.05, 3.63) is 61.8 Å². The highest BCUT2D eigenvalue weighted by atomic mass is 35.5. The number of nitrogens with zero attached hydrogens (tertiary/aromatic N) is 1. The first-order valence-electron chi connectivity index (χ1n) is 6.12. The lowest BCUT2D eigenvalue weighted by molar-refractivity contribution is 0.664. The highest BCUT2D eigenvalue weighted by Crippen LogP contribution is 2.14. The Kier molecular flexibility index (Phi) is 3.82. The van der Waals surface area contributed by atoms with Gasteiger partial charge in [0.2, 0.25) is 0 Å². The van der Waals surface area contributed by atoms with Gasteiger partial charge >= 0.3 is 0 Å². The molecule has 2 heterocycles. The molecule has 0 saturated heterocycles. The van der Waals surface area contributed by atoms with E-state index in [-0.39, 0.29) is 5.56 Å². The monoisotopic (exact) mass is 305 g/mol. The first kappa shape index (κ1) is 13.3. The summed E-state index contributed by atoms with van der Waals surface area (Å²) in [6.45, 7) is 1.26. The maximum absolute atomic E-state index is 11.9. The third-order valence-electron chi connectivity index (χ3n) is 2.92. The second-order valence-electron chi connectivity index (χ2n) is 4.41. The zero-order valence-electron chi connectivity index (χ0n) is 10.5. The number of hydrogen-bond acceptors (Lipinski definition) is 4. The van der Waals surface area contributed by atoms with Gasteiger partial charge in [0.05, 0.1) is 17.4 Å². The molecule has 0 bridgehead atoms. The Hall–Kier alpha value is -1.69. The van der Waals surface area contributed by atoms with Crippen molar-refractivity contribution < 1.29 is 0 Å².